The summed E-state index contributed by atoms with van der Waals surface area (Å²) in [6, 6.07) is 0.338. The average Bonchev–Trinajstić information content (AvgIpc) is 3.03. The van der Waals surface area contributed by atoms with Crippen molar-refractivity contribution in [1.82, 2.24) is 24.3 Å². The first-order valence-electron chi connectivity index (χ1n) is 6.44. The van der Waals surface area contributed by atoms with Gasteiger partial charge in [0.05, 0.1) is 12.9 Å². The molecule has 0 aliphatic heterocycles. The van der Waals surface area contributed by atoms with Gasteiger partial charge in [-0.15, -0.1) is 10.2 Å². The summed E-state index contributed by atoms with van der Waals surface area (Å²) in [5.41, 5.74) is 5.68. The molecule has 0 spiro atoms. The minimum atomic E-state index is 0.338. The highest BCUT2D eigenvalue weighted by molar-refractivity contribution is 7.99. The SMILES string of the molecule is CC(C)n1c(CN)nnc1SCCCn1ccnc1. The second-order valence-electron chi connectivity index (χ2n) is 4.57. The highest BCUT2D eigenvalue weighted by Gasteiger charge is 2.13. The van der Waals surface area contributed by atoms with Gasteiger partial charge >= 0.3 is 0 Å². The molecule has 2 heterocycles. The number of aromatic nitrogens is 5. The first kappa shape index (κ1) is 14.1. The lowest BCUT2D eigenvalue weighted by Gasteiger charge is -2.12. The molecule has 2 N–H and O–H groups in total. The first-order valence-corrected chi connectivity index (χ1v) is 7.43. The fraction of sp³-hybridized carbons (Fsp3) is 0.583. The van der Waals surface area contributed by atoms with Crippen molar-refractivity contribution in [2.24, 2.45) is 5.73 Å². The number of nitrogens with zero attached hydrogens (tertiary/aromatic N) is 5. The number of hydrogen-bond acceptors (Lipinski definition) is 5. The molecule has 2 aromatic rings. The third kappa shape index (κ3) is 3.57. The fourth-order valence-corrected chi connectivity index (χ4v) is 2.90. The van der Waals surface area contributed by atoms with Crippen molar-refractivity contribution in [3.63, 3.8) is 0 Å². The van der Waals surface area contributed by atoms with Gasteiger partial charge in [0, 0.05) is 30.7 Å². The maximum Gasteiger partial charge on any atom is 0.191 e. The lowest BCUT2D eigenvalue weighted by molar-refractivity contribution is 0.526. The van der Waals surface area contributed by atoms with Crippen LogP contribution in [0.15, 0.2) is 23.9 Å². The average molecular weight is 280 g/mol. The standard InChI is InChI=1S/C12H20N6S/c1-10(2)18-11(8-13)15-16-12(18)19-7-3-5-17-6-4-14-9-17/h4,6,9-10H,3,5,7-8,13H2,1-2H3. The first-order chi connectivity index (χ1) is 9.22. The van der Waals surface area contributed by atoms with Gasteiger partial charge < -0.3 is 14.9 Å². The zero-order valence-corrected chi connectivity index (χ0v) is 12.2. The van der Waals surface area contributed by atoms with Crippen LogP contribution < -0.4 is 5.73 Å². The van der Waals surface area contributed by atoms with Crippen molar-refractivity contribution in [3.05, 3.63) is 24.5 Å². The van der Waals surface area contributed by atoms with Crippen LogP contribution in [-0.2, 0) is 13.1 Å². The van der Waals surface area contributed by atoms with Crippen molar-refractivity contribution < 1.29 is 0 Å². The molecule has 2 aromatic heterocycles. The van der Waals surface area contributed by atoms with Crippen molar-refractivity contribution in [3.8, 4) is 0 Å². The van der Waals surface area contributed by atoms with Crippen LogP contribution >= 0.6 is 11.8 Å². The molecule has 0 aromatic carbocycles. The predicted octanol–water partition coefficient (Wildman–Crippen LogP) is 1.70. The van der Waals surface area contributed by atoms with Crippen molar-refractivity contribution in [2.75, 3.05) is 5.75 Å². The minimum absolute atomic E-state index is 0.338. The van der Waals surface area contributed by atoms with E-state index in [1.165, 1.54) is 0 Å². The molecular weight excluding hydrogens is 260 g/mol. The van der Waals surface area contributed by atoms with Crippen LogP contribution in [0.1, 0.15) is 32.1 Å². The van der Waals surface area contributed by atoms with E-state index in [0.717, 1.165) is 29.7 Å². The van der Waals surface area contributed by atoms with Crippen molar-refractivity contribution in [1.29, 1.82) is 0 Å². The topological polar surface area (TPSA) is 74.6 Å². The zero-order valence-electron chi connectivity index (χ0n) is 11.4. The Hall–Kier alpha value is -1.34. The summed E-state index contributed by atoms with van der Waals surface area (Å²) in [7, 11) is 0. The largest absolute Gasteiger partial charge is 0.337 e. The summed E-state index contributed by atoms with van der Waals surface area (Å²) in [6.45, 7) is 5.66. The highest BCUT2D eigenvalue weighted by Crippen LogP contribution is 2.22. The zero-order chi connectivity index (χ0) is 13.7. The van der Waals surface area contributed by atoms with Gasteiger partial charge in [-0.05, 0) is 20.3 Å². The third-order valence-electron chi connectivity index (χ3n) is 2.79. The van der Waals surface area contributed by atoms with E-state index in [4.69, 9.17) is 5.73 Å². The van der Waals surface area contributed by atoms with Crippen LogP contribution in [0, 0.1) is 0 Å². The van der Waals surface area contributed by atoms with Crippen LogP contribution in [-0.4, -0.2) is 30.1 Å². The second-order valence-corrected chi connectivity index (χ2v) is 5.63. The second kappa shape index (κ2) is 6.72. The van der Waals surface area contributed by atoms with E-state index in [0.29, 0.717) is 12.6 Å². The van der Waals surface area contributed by atoms with E-state index < -0.39 is 0 Å². The van der Waals surface area contributed by atoms with E-state index in [9.17, 15) is 0 Å². The molecule has 0 radical (unpaired) electrons. The van der Waals surface area contributed by atoms with E-state index in [1.807, 2.05) is 12.5 Å². The predicted molar refractivity (Wildman–Crippen MR) is 75.9 cm³/mol. The molecule has 6 nitrogen and oxygen atoms in total. The Kier molecular flexibility index (Phi) is 4.98. The summed E-state index contributed by atoms with van der Waals surface area (Å²) >= 11 is 1.73. The summed E-state index contributed by atoms with van der Waals surface area (Å²) in [5.74, 6) is 1.86. The summed E-state index contributed by atoms with van der Waals surface area (Å²) in [5, 5.41) is 9.32. The molecule has 0 bridgehead atoms. The van der Waals surface area contributed by atoms with Gasteiger partial charge in [0.2, 0.25) is 0 Å². The third-order valence-corrected chi connectivity index (χ3v) is 3.81. The molecule has 104 valence electrons. The summed E-state index contributed by atoms with van der Waals surface area (Å²) < 4.78 is 4.20. The molecule has 0 saturated carbocycles. The van der Waals surface area contributed by atoms with Gasteiger partial charge in [0.15, 0.2) is 5.16 Å². The lowest BCUT2D eigenvalue weighted by atomic mass is 10.4. The Morgan fingerprint density at radius 2 is 2.21 bits per heavy atom. The number of thioether (sulfide) groups is 1. The monoisotopic (exact) mass is 280 g/mol. The Balaban J connectivity index is 1.87. The Morgan fingerprint density at radius 1 is 1.37 bits per heavy atom. The molecule has 0 aliphatic carbocycles. The number of imidazole rings is 1. The maximum absolute atomic E-state index is 5.68. The molecule has 0 fully saturated rings. The number of rotatable bonds is 7. The molecule has 0 saturated heterocycles. The molecule has 0 aliphatic rings. The molecule has 2 rings (SSSR count). The number of aryl methyl sites for hydroxylation is 1. The molecular formula is C12H20N6S. The van der Waals surface area contributed by atoms with Crippen LogP contribution in [0.25, 0.3) is 0 Å². The van der Waals surface area contributed by atoms with E-state index in [1.54, 1.807) is 18.0 Å². The van der Waals surface area contributed by atoms with Crippen LogP contribution in [0.3, 0.4) is 0 Å². The van der Waals surface area contributed by atoms with E-state index in [-0.39, 0.29) is 0 Å². The van der Waals surface area contributed by atoms with Gasteiger partial charge in [-0.25, -0.2) is 4.98 Å². The summed E-state index contributed by atoms with van der Waals surface area (Å²) in [6.07, 6.45) is 6.70. The molecule has 7 heteroatoms. The lowest BCUT2D eigenvalue weighted by Crippen LogP contribution is -2.11. The van der Waals surface area contributed by atoms with Crippen LogP contribution in [0.5, 0.6) is 0 Å². The molecule has 19 heavy (non-hydrogen) atoms. The summed E-state index contributed by atoms with van der Waals surface area (Å²) in [4.78, 5) is 4.03. The highest BCUT2D eigenvalue weighted by atomic mass is 32.2. The van der Waals surface area contributed by atoms with Gasteiger partial charge in [0.25, 0.3) is 0 Å². The van der Waals surface area contributed by atoms with Gasteiger partial charge in [-0.1, -0.05) is 11.8 Å². The minimum Gasteiger partial charge on any atom is -0.337 e. The van der Waals surface area contributed by atoms with E-state index >= 15 is 0 Å². The number of hydrogen-bond donors (Lipinski definition) is 1. The van der Waals surface area contributed by atoms with Gasteiger partial charge in [-0.3, -0.25) is 0 Å². The fourth-order valence-electron chi connectivity index (χ4n) is 1.89. The Bertz CT molecular complexity index is 490. The number of nitrogens with two attached hydrogens (primary N) is 1. The smallest absolute Gasteiger partial charge is 0.191 e. The normalized spacial score (nSPS) is 11.4. The molecule has 0 atom stereocenters. The van der Waals surface area contributed by atoms with Crippen molar-refractivity contribution in [2.45, 2.75) is 44.6 Å². The molecule has 0 amide bonds. The van der Waals surface area contributed by atoms with Crippen LogP contribution in [0.4, 0.5) is 0 Å². The van der Waals surface area contributed by atoms with E-state index in [2.05, 4.69) is 38.2 Å². The maximum atomic E-state index is 5.68. The quantitative estimate of drug-likeness (QED) is 0.617. The Morgan fingerprint density at radius 3 is 2.84 bits per heavy atom. The Labute approximate surface area is 117 Å². The molecule has 0 unspecified atom stereocenters. The van der Waals surface area contributed by atoms with Crippen LogP contribution in [0.2, 0.25) is 0 Å². The van der Waals surface area contributed by atoms with Gasteiger partial charge in [-0.2, -0.15) is 0 Å². The van der Waals surface area contributed by atoms with Crippen molar-refractivity contribution >= 4 is 11.8 Å². The van der Waals surface area contributed by atoms with Gasteiger partial charge in [0.1, 0.15) is 5.82 Å².